The third-order valence-corrected chi connectivity index (χ3v) is 5.67. The van der Waals surface area contributed by atoms with E-state index < -0.39 is 0 Å². The number of hydrogen-bond acceptors (Lipinski definition) is 3. The van der Waals surface area contributed by atoms with Crippen LogP contribution in [0.4, 0.5) is 0 Å². The number of carbonyl (C=O) groups is 1. The first kappa shape index (κ1) is 20.0. The highest BCUT2D eigenvalue weighted by molar-refractivity contribution is 7.98. The molecule has 0 radical (unpaired) electrons. The molecule has 0 aromatic heterocycles. The third-order valence-electron chi connectivity index (χ3n) is 4.61. The van der Waals surface area contributed by atoms with Gasteiger partial charge < -0.3 is 10.1 Å². The topological polar surface area (TPSA) is 38.3 Å². The fourth-order valence-electron chi connectivity index (χ4n) is 2.93. The quantitative estimate of drug-likeness (QED) is 0.518. The van der Waals surface area contributed by atoms with Crippen LogP contribution in [0.5, 0.6) is 5.75 Å². The summed E-state index contributed by atoms with van der Waals surface area (Å²) in [5.41, 5.74) is 3.98. The standard InChI is InChI=1S/C24H25NO2S/c1-17-9-12-22(13-10-17)28-16-21-15-20(11-14-23(21)27-3)24(26)25-18(2)19-7-5-4-6-8-19/h4-15,18H,16H2,1-3H3,(H,25,26)/t18-/m1/s1. The Morgan fingerprint density at radius 1 is 1.04 bits per heavy atom. The largest absolute Gasteiger partial charge is 0.496 e. The molecule has 0 aliphatic carbocycles. The van der Waals surface area contributed by atoms with Gasteiger partial charge in [0.1, 0.15) is 5.75 Å². The van der Waals surface area contributed by atoms with Crippen LogP contribution in [0, 0.1) is 6.92 Å². The summed E-state index contributed by atoms with van der Waals surface area (Å²) in [7, 11) is 1.66. The maximum Gasteiger partial charge on any atom is 0.251 e. The summed E-state index contributed by atoms with van der Waals surface area (Å²) in [5.74, 6) is 1.45. The number of nitrogens with one attached hydrogen (secondary N) is 1. The molecule has 0 saturated carbocycles. The Hall–Kier alpha value is -2.72. The Balaban J connectivity index is 1.72. The lowest BCUT2D eigenvalue weighted by molar-refractivity contribution is 0.0939. The van der Waals surface area contributed by atoms with Crippen LogP contribution in [0.2, 0.25) is 0 Å². The van der Waals surface area contributed by atoms with Gasteiger partial charge in [0.25, 0.3) is 5.91 Å². The van der Waals surface area contributed by atoms with Crippen molar-refractivity contribution in [3.63, 3.8) is 0 Å². The fourth-order valence-corrected chi connectivity index (χ4v) is 3.81. The number of methoxy groups -OCH3 is 1. The summed E-state index contributed by atoms with van der Waals surface area (Å²) in [6.07, 6.45) is 0. The molecule has 0 fully saturated rings. The van der Waals surface area contributed by atoms with E-state index in [1.807, 2.05) is 55.5 Å². The maximum absolute atomic E-state index is 12.7. The van der Waals surface area contributed by atoms with Gasteiger partial charge in [-0.2, -0.15) is 0 Å². The van der Waals surface area contributed by atoms with Crippen molar-refractivity contribution in [2.24, 2.45) is 0 Å². The van der Waals surface area contributed by atoms with Crippen molar-refractivity contribution in [1.29, 1.82) is 0 Å². The summed E-state index contributed by atoms with van der Waals surface area (Å²) in [6.45, 7) is 4.07. The van der Waals surface area contributed by atoms with Crippen molar-refractivity contribution < 1.29 is 9.53 Å². The molecule has 3 rings (SSSR count). The van der Waals surface area contributed by atoms with Crippen LogP contribution < -0.4 is 10.1 Å². The minimum Gasteiger partial charge on any atom is -0.496 e. The molecule has 3 nitrogen and oxygen atoms in total. The monoisotopic (exact) mass is 391 g/mol. The molecule has 0 spiro atoms. The van der Waals surface area contributed by atoms with Crippen LogP contribution in [0.1, 0.15) is 40.0 Å². The molecule has 3 aromatic carbocycles. The predicted octanol–water partition coefficient (Wildman–Crippen LogP) is 5.79. The minimum absolute atomic E-state index is 0.0545. The molecule has 0 heterocycles. The summed E-state index contributed by atoms with van der Waals surface area (Å²) >= 11 is 1.73. The summed E-state index contributed by atoms with van der Waals surface area (Å²) in [4.78, 5) is 13.9. The number of hydrogen-bond donors (Lipinski definition) is 1. The highest BCUT2D eigenvalue weighted by Crippen LogP contribution is 2.29. The van der Waals surface area contributed by atoms with E-state index in [-0.39, 0.29) is 11.9 Å². The Kier molecular flexibility index (Phi) is 6.77. The molecular weight excluding hydrogens is 366 g/mol. The zero-order valence-corrected chi connectivity index (χ0v) is 17.3. The maximum atomic E-state index is 12.7. The molecule has 0 unspecified atom stereocenters. The zero-order valence-electron chi connectivity index (χ0n) is 16.4. The average Bonchev–Trinajstić information content (AvgIpc) is 2.73. The summed E-state index contributed by atoms with van der Waals surface area (Å²) in [5, 5.41) is 3.07. The molecule has 28 heavy (non-hydrogen) atoms. The number of aryl methyl sites for hydroxylation is 1. The van der Waals surface area contributed by atoms with Crippen molar-refractivity contribution in [2.75, 3.05) is 7.11 Å². The van der Waals surface area contributed by atoms with Gasteiger partial charge in [-0.15, -0.1) is 11.8 Å². The number of amides is 1. The first-order valence-corrected chi connectivity index (χ1v) is 10.3. The minimum atomic E-state index is -0.0828. The SMILES string of the molecule is COc1ccc(C(=O)N[C@H](C)c2ccccc2)cc1CSc1ccc(C)cc1. The van der Waals surface area contributed by atoms with Crippen LogP contribution in [0.15, 0.2) is 77.7 Å². The average molecular weight is 392 g/mol. The predicted molar refractivity (Wildman–Crippen MR) is 116 cm³/mol. The Morgan fingerprint density at radius 2 is 1.75 bits per heavy atom. The van der Waals surface area contributed by atoms with Crippen LogP contribution in [0.25, 0.3) is 0 Å². The first-order chi connectivity index (χ1) is 13.6. The molecule has 1 N–H and O–H groups in total. The van der Waals surface area contributed by atoms with E-state index >= 15 is 0 Å². The van der Waals surface area contributed by atoms with E-state index in [1.165, 1.54) is 10.5 Å². The van der Waals surface area contributed by atoms with Gasteiger partial charge >= 0.3 is 0 Å². The van der Waals surface area contributed by atoms with Crippen molar-refractivity contribution in [2.45, 2.75) is 30.5 Å². The lowest BCUT2D eigenvalue weighted by Gasteiger charge is -2.15. The van der Waals surface area contributed by atoms with Crippen molar-refractivity contribution in [3.8, 4) is 5.75 Å². The molecule has 144 valence electrons. The molecule has 0 aliphatic heterocycles. The van der Waals surface area contributed by atoms with Crippen LogP contribution in [-0.2, 0) is 5.75 Å². The van der Waals surface area contributed by atoms with E-state index in [0.29, 0.717) is 5.56 Å². The second kappa shape index (κ2) is 9.47. The van der Waals surface area contributed by atoms with Gasteiger partial charge in [-0.25, -0.2) is 0 Å². The second-order valence-corrected chi connectivity index (χ2v) is 7.78. The van der Waals surface area contributed by atoms with Gasteiger partial charge in [0.15, 0.2) is 0 Å². The number of benzene rings is 3. The first-order valence-electron chi connectivity index (χ1n) is 9.29. The number of carbonyl (C=O) groups excluding carboxylic acids is 1. The molecule has 0 aliphatic rings. The van der Waals surface area contributed by atoms with Crippen molar-refractivity contribution in [1.82, 2.24) is 5.32 Å². The summed E-state index contributed by atoms with van der Waals surface area (Å²) < 4.78 is 5.49. The molecular formula is C24H25NO2S. The van der Waals surface area contributed by atoms with Gasteiger partial charge in [-0.05, 0) is 49.7 Å². The van der Waals surface area contributed by atoms with Gasteiger partial charge in [-0.1, -0.05) is 48.0 Å². The Bertz CT molecular complexity index is 923. The fraction of sp³-hybridized carbons (Fsp3) is 0.208. The molecule has 4 heteroatoms. The third kappa shape index (κ3) is 5.17. The smallest absolute Gasteiger partial charge is 0.251 e. The van der Waals surface area contributed by atoms with Gasteiger partial charge in [0.2, 0.25) is 0 Å². The van der Waals surface area contributed by atoms with E-state index in [2.05, 4.69) is 36.5 Å². The van der Waals surface area contributed by atoms with Crippen molar-refractivity contribution >= 4 is 17.7 Å². The number of ether oxygens (including phenoxy) is 1. The van der Waals surface area contributed by atoms with E-state index in [9.17, 15) is 4.79 Å². The lowest BCUT2D eigenvalue weighted by Crippen LogP contribution is -2.26. The number of rotatable bonds is 7. The van der Waals surface area contributed by atoms with E-state index in [1.54, 1.807) is 18.9 Å². The highest BCUT2D eigenvalue weighted by atomic mass is 32.2. The van der Waals surface area contributed by atoms with Gasteiger partial charge in [-0.3, -0.25) is 4.79 Å². The Labute approximate surface area is 171 Å². The van der Waals surface area contributed by atoms with Crippen LogP contribution >= 0.6 is 11.8 Å². The van der Waals surface area contributed by atoms with E-state index in [0.717, 1.165) is 22.6 Å². The molecule has 1 atom stereocenters. The van der Waals surface area contributed by atoms with Crippen molar-refractivity contribution in [3.05, 3.63) is 95.1 Å². The van der Waals surface area contributed by atoms with Crippen LogP contribution in [-0.4, -0.2) is 13.0 Å². The van der Waals surface area contributed by atoms with Gasteiger partial charge in [0, 0.05) is 21.8 Å². The van der Waals surface area contributed by atoms with Gasteiger partial charge in [0.05, 0.1) is 13.2 Å². The van der Waals surface area contributed by atoms with E-state index in [4.69, 9.17) is 4.74 Å². The molecule has 0 saturated heterocycles. The summed E-state index contributed by atoms with van der Waals surface area (Å²) in [6, 6.07) is 24.0. The Morgan fingerprint density at radius 3 is 2.43 bits per heavy atom. The van der Waals surface area contributed by atoms with Crippen LogP contribution in [0.3, 0.4) is 0 Å². The molecule has 0 bridgehead atoms. The highest BCUT2D eigenvalue weighted by Gasteiger charge is 2.14. The molecule has 1 amide bonds. The second-order valence-electron chi connectivity index (χ2n) is 6.73. The zero-order chi connectivity index (χ0) is 19.9. The lowest BCUT2D eigenvalue weighted by atomic mass is 10.1. The number of thioether (sulfide) groups is 1. The normalized spacial score (nSPS) is 11.7. The molecule has 3 aromatic rings.